The van der Waals surface area contributed by atoms with Crippen molar-refractivity contribution in [1.82, 2.24) is 19.9 Å². The number of aryl methyl sites for hydroxylation is 1. The summed E-state index contributed by atoms with van der Waals surface area (Å²) in [5.41, 5.74) is 1.88. The maximum absolute atomic E-state index is 6.19. The molecule has 0 spiro atoms. The van der Waals surface area contributed by atoms with E-state index < -0.39 is 0 Å². The molecular formula is C15H13Cl2N5S. The van der Waals surface area contributed by atoms with E-state index in [1.807, 2.05) is 12.1 Å². The number of thioether (sulfide) groups is 1. The van der Waals surface area contributed by atoms with Gasteiger partial charge in [0.15, 0.2) is 5.82 Å². The number of hydrogen-bond acceptors (Lipinski definition) is 5. The lowest BCUT2D eigenvalue weighted by atomic mass is 10.2. The first kappa shape index (κ1) is 16.1. The van der Waals surface area contributed by atoms with Crippen LogP contribution in [0.1, 0.15) is 5.56 Å². The summed E-state index contributed by atoms with van der Waals surface area (Å²) in [6, 6.07) is 9.14. The highest BCUT2D eigenvalue weighted by molar-refractivity contribution is 7.99. The van der Waals surface area contributed by atoms with Crippen molar-refractivity contribution < 1.29 is 0 Å². The summed E-state index contributed by atoms with van der Waals surface area (Å²) in [6.07, 6.45) is 4.46. The van der Waals surface area contributed by atoms with Crippen molar-refractivity contribution in [3.8, 4) is 11.4 Å². The Kier molecular flexibility index (Phi) is 5.05. The van der Waals surface area contributed by atoms with E-state index in [4.69, 9.17) is 29.0 Å². The van der Waals surface area contributed by atoms with Gasteiger partial charge in [-0.25, -0.2) is 4.68 Å². The number of nitrogen functional groups attached to an aromatic ring is 1. The largest absolute Gasteiger partial charge is 0.335 e. The third kappa shape index (κ3) is 3.77. The average molecular weight is 366 g/mol. The maximum atomic E-state index is 6.19. The summed E-state index contributed by atoms with van der Waals surface area (Å²) in [6.45, 7) is 0. The minimum atomic E-state index is 0.490. The van der Waals surface area contributed by atoms with Crippen LogP contribution < -0.4 is 5.84 Å². The van der Waals surface area contributed by atoms with Crippen LogP contribution in [0, 0.1) is 0 Å². The maximum Gasteiger partial charge on any atom is 0.210 e. The van der Waals surface area contributed by atoms with Crippen LogP contribution in [0.5, 0.6) is 0 Å². The van der Waals surface area contributed by atoms with Gasteiger partial charge in [0.1, 0.15) is 0 Å². The summed E-state index contributed by atoms with van der Waals surface area (Å²) in [5.74, 6) is 7.42. The quantitative estimate of drug-likeness (QED) is 0.551. The lowest BCUT2D eigenvalue weighted by molar-refractivity contribution is 0.849. The molecule has 3 rings (SSSR count). The van der Waals surface area contributed by atoms with E-state index >= 15 is 0 Å². The Balaban J connectivity index is 1.73. The minimum absolute atomic E-state index is 0.490. The summed E-state index contributed by atoms with van der Waals surface area (Å²) in [7, 11) is 0. The van der Waals surface area contributed by atoms with Gasteiger partial charge in [-0.2, -0.15) is 0 Å². The topological polar surface area (TPSA) is 69.6 Å². The summed E-state index contributed by atoms with van der Waals surface area (Å²) in [4.78, 5) is 4.00. The molecule has 0 amide bonds. The van der Waals surface area contributed by atoms with Gasteiger partial charge in [-0.05, 0) is 42.3 Å². The molecule has 0 saturated heterocycles. The molecule has 0 fully saturated rings. The van der Waals surface area contributed by atoms with Gasteiger partial charge in [0.05, 0.1) is 5.02 Å². The molecule has 0 aliphatic rings. The molecule has 23 heavy (non-hydrogen) atoms. The molecule has 118 valence electrons. The fourth-order valence-electron chi connectivity index (χ4n) is 2.04. The van der Waals surface area contributed by atoms with Crippen LogP contribution in [0.4, 0.5) is 0 Å². The summed E-state index contributed by atoms with van der Waals surface area (Å²) >= 11 is 13.7. The van der Waals surface area contributed by atoms with Gasteiger partial charge in [0.25, 0.3) is 0 Å². The molecule has 0 aliphatic heterocycles. The number of nitrogens with zero attached hydrogens (tertiary/aromatic N) is 4. The van der Waals surface area contributed by atoms with Crippen LogP contribution in [0.2, 0.25) is 10.0 Å². The van der Waals surface area contributed by atoms with Crippen molar-refractivity contribution in [2.24, 2.45) is 0 Å². The molecule has 1 aromatic carbocycles. The lowest BCUT2D eigenvalue weighted by Crippen LogP contribution is -2.12. The standard InChI is InChI=1S/C15H13Cl2N5S/c16-11-1-2-13(17)12(9-11)14-20-21-15(22(14)18)23-8-5-10-3-6-19-7-4-10/h1-4,6-7,9H,5,8,18H2. The van der Waals surface area contributed by atoms with E-state index in [0.29, 0.717) is 26.6 Å². The van der Waals surface area contributed by atoms with Gasteiger partial charge < -0.3 is 5.84 Å². The van der Waals surface area contributed by atoms with Gasteiger partial charge in [-0.3, -0.25) is 4.98 Å². The van der Waals surface area contributed by atoms with Gasteiger partial charge in [-0.1, -0.05) is 35.0 Å². The normalized spacial score (nSPS) is 10.9. The van der Waals surface area contributed by atoms with E-state index in [1.165, 1.54) is 22.0 Å². The second kappa shape index (κ2) is 7.21. The zero-order chi connectivity index (χ0) is 16.2. The third-order valence-electron chi connectivity index (χ3n) is 3.21. The molecule has 0 saturated carbocycles. The zero-order valence-electron chi connectivity index (χ0n) is 12.0. The number of benzene rings is 1. The van der Waals surface area contributed by atoms with E-state index in [-0.39, 0.29) is 0 Å². The molecule has 0 atom stereocenters. The van der Waals surface area contributed by atoms with Crippen LogP contribution in [0.25, 0.3) is 11.4 Å². The Labute approximate surface area is 147 Å². The summed E-state index contributed by atoms with van der Waals surface area (Å²) in [5, 5.41) is 9.99. The minimum Gasteiger partial charge on any atom is -0.335 e. The van der Waals surface area contributed by atoms with Crippen LogP contribution in [-0.4, -0.2) is 25.6 Å². The van der Waals surface area contributed by atoms with E-state index in [1.54, 1.807) is 30.6 Å². The Hall–Kier alpha value is -1.76. The molecule has 2 heterocycles. The smallest absolute Gasteiger partial charge is 0.210 e. The van der Waals surface area contributed by atoms with Crippen LogP contribution in [0.3, 0.4) is 0 Å². The molecule has 0 aliphatic carbocycles. The number of aromatic nitrogens is 4. The van der Waals surface area contributed by atoms with Crippen molar-refractivity contribution in [3.05, 3.63) is 58.3 Å². The highest BCUT2D eigenvalue weighted by atomic mass is 35.5. The van der Waals surface area contributed by atoms with E-state index in [2.05, 4.69) is 15.2 Å². The molecule has 0 radical (unpaired) electrons. The number of nitrogens with two attached hydrogens (primary N) is 1. The summed E-state index contributed by atoms with van der Waals surface area (Å²) < 4.78 is 1.44. The Morgan fingerprint density at radius 2 is 1.87 bits per heavy atom. The highest BCUT2D eigenvalue weighted by Gasteiger charge is 2.15. The fraction of sp³-hybridized carbons (Fsp3) is 0.133. The van der Waals surface area contributed by atoms with Crippen LogP contribution >= 0.6 is 35.0 Å². The molecular weight excluding hydrogens is 353 g/mol. The first-order chi connectivity index (χ1) is 11.1. The lowest BCUT2D eigenvalue weighted by Gasteiger charge is -2.06. The van der Waals surface area contributed by atoms with Crippen molar-refractivity contribution in [2.75, 3.05) is 11.6 Å². The molecule has 8 heteroatoms. The van der Waals surface area contributed by atoms with E-state index in [9.17, 15) is 0 Å². The Morgan fingerprint density at radius 3 is 2.65 bits per heavy atom. The predicted molar refractivity (Wildman–Crippen MR) is 94.3 cm³/mol. The van der Waals surface area contributed by atoms with Crippen LogP contribution in [0.15, 0.2) is 47.9 Å². The molecule has 3 aromatic rings. The van der Waals surface area contributed by atoms with Crippen molar-refractivity contribution in [1.29, 1.82) is 0 Å². The van der Waals surface area contributed by atoms with Crippen molar-refractivity contribution in [3.63, 3.8) is 0 Å². The first-order valence-electron chi connectivity index (χ1n) is 6.83. The van der Waals surface area contributed by atoms with Gasteiger partial charge in [-0.15, -0.1) is 10.2 Å². The van der Waals surface area contributed by atoms with Crippen molar-refractivity contribution >= 4 is 35.0 Å². The second-order valence-corrected chi connectivity index (χ2v) is 6.66. The monoisotopic (exact) mass is 365 g/mol. The zero-order valence-corrected chi connectivity index (χ0v) is 14.3. The SMILES string of the molecule is Nn1c(SCCc2ccncc2)nnc1-c1cc(Cl)ccc1Cl. The second-order valence-electron chi connectivity index (χ2n) is 4.75. The molecule has 5 nitrogen and oxygen atoms in total. The van der Waals surface area contributed by atoms with Crippen LogP contribution in [-0.2, 0) is 6.42 Å². The number of pyridine rings is 1. The van der Waals surface area contributed by atoms with E-state index in [0.717, 1.165) is 12.2 Å². The number of hydrogen-bond donors (Lipinski definition) is 1. The molecule has 0 bridgehead atoms. The Bertz CT molecular complexity index is 807. The van der Waals surface area contributed by atoms with Gasteiger partial charge in [0, 0.05) is 28.7 Å². The predicted octanol–water partition coefficient (Wildman–Crippen LogP) is 3.70. The number of rotatable bonds is 5. The Morgan fingerprint density at radius 1 is 1.09 bits per heavy atom. The average Bonchev–Trinajstić information content (AvgIpc) is 2.92. The van der Waals surface area contributed by atoms with Gasteiger partial charge >= 0.3 is 0 Å². The first-order valence-corrected chi connectivity index (χ1v) is 8.57. The van der Waals surface area contributed by atoms with Crippen molar-refractivity contribution in [2.45, 2.75) is 11.6 Å². The fourth-order valence-corrected chi connectivity index (χ4v) is 3.26. The highest BCUT2D eigenvalue weighted by Crippen LogP contribution is 2.30. The molecule has 2 N–H and O–H groups in total. The third-order valence-corrected chi connectivity index (χ3v) is 4.71. The molecule has 2 aromatic heterocycles. The van der Waals surface area contributed by atoms with Gasteiger partial charge in [0.2, 0.25) is 5.16 Å². The number of halogens is 2. The molecule has 0 unspecified atom stereocenters.